The summed E-state index contributed by atoms with van der Waals surface area (Å²) in [4.78, 5) is 6.63. The topological polar surface area (TPSA) is 45.1 Å². The molecule has 4 nitrogen and oxygen atoms in total. The number of aliphatic imine (C=N–C) groups is 1. The van der Waals surface area contributed by atoms with Crippen LogP contribution in [0.1, 0.15) is 17.2 Å². The predicted molar refractivity (Wildman–Crippen MR) is 97.7 cm³/mol. The first-order valence-corrected chi connectivity index (χ1v) is 8.09. The first kappa shape index (κ1) is 17.5. The number of ether oxygens (including phenoxy) is 1. The lowest BCUT2D eigenvalue weighted by Gasteiger charge is -2.23. The molecular formula is C18H21BrN2O2. The summed E-state index contributed by atoms with van der Waals surface area (Å²) >= 11 is 3.40. The fourth-order valence-corrected chi connectivity index (χ4v) is 2.67. The second-order valence-corrected chi connectivity index (χ2v) is 6.37. The monoisotopic (exact) mass is 376 g/mol. The zero-order valence-corrected chi connectivity index (χ0v) is 15.1. The maximum absolute atomic E-state index is 9.86. The first-order valence-electron chi connectivity index (χ1n) is 7.30. The van der Waals surface area contributed by atoms with Gasteiger partial charge in [-0.15, -0.1) is 0 Å². The van der Waals surface area contributed by atoms with Crippen molar-refractivity contribution >= 4 is 22.1 Å². The molecule has 0 bridgehead atoms. The lowest BCUT2D eigenvalue weighted by Crippen LogP contribution is -2.22. The van der Waals surface area contributed by atoms with Crippen molar-refractivity contribution in [2.24, 2.45) is 4.99 Å². The molecule has 0 spiro atoms. The van der Waals surface area contributed by atoms with Crippen molar-refractivity contribution in [3.05, 3.63) is 58.1 Å². The van der Waals surface area contributed by atoms with Gasteiger partial charge in [0.2, 0.25) is 0 Å². The van der Waals surface area contributed by atoms with Gasteiger partial charge in [0.1, 0.15) is 11.5 Å². The zero-order valence-electron chi connectivity index (χ0n) is 13.5. The molecule has 5 heteroatoms. The standard InChI is InChI=1S/C18H21BrN2O2/c1-21(2)17(13-5-4-6-16(10-13)23-3)12-20-11-14-9-15(19)7-8-18(14)22/h4-11,17,22H,12H2,1-3H3/t17-/m1/s1. The number of rotatable bonds is 6. The van der Waals surface area contributed by atoms with Gasteiger partial charge in [0.15, 0.2) is 0 Å². The highest BCUT2D eigenvalue weighted by atomic mass is 79.9. The number of halogens is 1. The molecule has 0 saturated heterocycles. The number of aromatic hydroxyl groups is 1. The zero-order chi connectivity index (χ0) is 16.8. The Labute approximate surface area is 145 Å². The van der Waals surface area contributed by atoms with Crippen LogP contribution in [-0.4, -0.2) is 44.0 Å². The number of benzene rings is 2. The van der Waals surface area contributed by atoms with Crippen LogP contribution in [0.4, 0.5) is 0 Å². The van der Waals surface area contributed by atoms with Gasteiger partial charge < -0.3 is 14.7 Å². The number of nitrogens with zero attached hydrogens (tertiary/aromatic N) is 2. The molecule has 1 atom stereocenters. The molecule has 1 N–H and O–H groups in total. The van der Waals surface area contributed by atoms with Crippen molar-refractivity contribution in [1.29, 1.82) is 0 Å². The molecule has 0 aliphatic rings. The number of hydrogen-bond donors (Lipinski definition) is 1. The van der Waals surface area contributed by atoms with Gasteiger partial charge in [-0.25, -0.2) is 0 Å². The summed E-state index contributed by atoms with van der Waals surface area (Å²) in [5.41, 5.74) is 1.84. The summed E-state index contributed by atoms with van der Waals surface area (Å²) < 4.78 is 6.20. The molecule has 0 aliphatic heterocycles. The van der Waals surface area contributed by atoms with Gasteiger partial charge in [-0.1, -0.05) is 28.1 Å². The molecule has 0 aliphatic carbocycles. The molecule has 0 heterocycles. The average molecular weight is 377 g/mol. The number of hydrogen-bond acceptors (Lipinski definition) is 4. The highest BCUT2D eigenvalue weighted by molar-refractivity contribution is 9.10. The van der Waals surface area contributed by atoms with E-state index < -0.39 is 0 Å². The van der Waals surface area contributed by atoms with Crippen molar-refractivity contribution in [3.8, 4) is 11.5 Å². The first-order chi connectivity index (χ1) is 11.0. The van der Waals surface area contributed by atoms with Crippen molar-refractivity contribution < 1.29 is 9.84 Å². The number of phenols is 1. The SMILES string of the molecule is COc1cccc([C@@H](CN=Cc2cc(Br)ccc2O)N(C)C)c1. The molecule has 122 valence electrons. The van der Waals surface area contributed by atoms with Gasteiger partial charge in [-0.2, -0.15) is 0 Å². The third kappa shape index (κ3) is 4.81. The Morgan fingerprint density at radius 1 is 1.26 bits per heavy atom. The highest BCUT2D eigenvalue weighted by Gasteiger charge is 2.14. The summed E-state index contributed by atoms with van der Waals surface area (Å²) in [6.45, 7) is 0.589. The fourth-order valence-electron chi connectivity index (χ4n) is 2.30. The molecular weight excluding hydrogens is 356 g/mol. The lowest BCUT2D eigenvalue weighted by molar-refractivity contribution is 0.305. The molecule has 2 aromatic carbocycles. The second kappa shape index (κ2) is 8.13. The van der Waals surface area contributed by atoms with E-state index in [1.165, 1.54) is 0 Å². The molecule has 0 aromatic heterocycles. The molecule has 0 unspecified atom stereocenters. The van der Waals surface area contributed by atoms with Gasteiger partial charge in [0.25, 0.3) is 0 Å². The van der Waals surface area contributed by atoms with E-state index >= 15 is 0 Å². The minimum atomic E-state index is 0.135. The second-order valence-electron chi connectivity index (χ2n) is 5.45. The Morgan fingerprint density at radius 2 is 2.04 bits per heavy atom. The number of phenolic OH excluding ortho intramolecular Hbond substituents is 1. The predicted octanol–water partition coefficient (Wildman–Crippen LogP) is 3.89. The van der Waals surface area contributed by atoms with Gasteiger partial charge in [-0.05, 0) is 50.0 Å². The Bertz CT molecular complexity index is 686. The van der Waals surface area contributed by atoms with Crippen molar-refractivity contribution in [2.75, 3.05) is 27.7 Å². The Kier molecular flexibility index (Phi) is 6.19. The van der Waals surface area contributed by atoms with Crippen LogP contribution in [0.2, 0.25) is 0 Å². The summed E-state index contributed by atoms with van der Waals surface area (Å²) in [5, 5.41) is 9.86. The Morgan fingerprint density at radius 3 is 2.74 bits per heavy atom. The minimum absolute atomic E-state index is 0.135. The van der Waals surface area contributed by atoms with E-state index in [1.54, 1.807) is 25.5 Å². The highest BCUT2D eigenvalue weighted by Crippen LogP contribution is 2.24. The minimum Gasteiger partial charge on any atom is -0.507 e. The fraction of sp³-hybridized carbons (Fsp3) is 0.278. The molecule has 0 radical (unpaired) electrons. The quantitative estimate of drug-likeness (QED) is 0.777. The van der Waals surface area contributed by atoms with E-state index in [0.717, 1.165) is 15.8 Å². The summed E-state index contributed by atoms with van der Waals surface area (Å²) in [7, 11) is 5.71. The van der Waals surface area contributed by atoms with Crippen molar-refractivity contribution in [2.45, 2.75) is 6.04 Å². The average Bonchev–Trinajstić information content (AvgIpc) is 2.54. The van der Waals surface area contributed by atoms with Crippen LogP contribution in [0.3, 0.4) is 0 Å². The lowest BCUT2D eigenvalue weighted by atomic mass is 10.1. The Balaban J connectivity index is 2.16. The van der Waals surface area contributed by atoms with E-state index in [2.05, 4.69) is 31.9 Å². The van der Waals surface area contributed by atoms with Crippen LogP contribution in [-0.2, 0) is 0 Å². The van der Waals surface area contributed by atoms with Gasteiger partial charge in [-0.3, -0.25) is 4.99 Å². The van der Waals surface area contributed by atoms with Gasteiger partial charge in [0.05, 0.1) is 19.7 Å². The Hall–Kier alpha value is -1.85. The van der Waals surface area contributed by atoms with Gasteiger partial charge in [0, 0.05) is 16.3 Å². The van der Waals surface area contributed by atoms with E-state index in [1.807, 2.05) is 38.4 Å². The van der Waals surface area contributed by atoms with Crippen molar-refractivity contribution in [1.82, 2.24) is 4.90 Å². The van der Waals surface area contributed by atoms with Crippen molar-refractivity contribution in [3.63, 3.8) is 0 Å². The molecule has 0 saturated carbocycles. The van der Waals surface area contributed by atoms with Crippen LogP contribution < -0.4 is 4.74 Å². The van der Waals surface area contributed by atoms with Crippen LogP contribution in [0, 0.1) is 0 Å². The van der Waals surface area contributed by atoms with E-state index in [9.17, 15) is 5.11 Å². The normalized spacial score (nSPS) is 12.7. The largest absolute Gasteiger partial charge is 0.507 e. The van der Waals surface area contributed by atoms with Crippen LogP contribution in [0.25, 0.3) is 0 Å². The smallest absolute Gasteiger partial charge is 0.124 e. The van der Waals surface area contributed by atoms with Crippen LogP contribution in [0.5, 0.6) is 11.5 Å². The summed E-state index contributed by atoms with van der Waals surface area (Å²) in [6.07, 6.45) is 1.71. The van der Waals surface area contributed by atoms with Crippen LogP contribution in [0.15, 0.2) is 51.9 Å². The van der Waals surface area contributed by atoms with E-state index in [0.29, 0.717) is 12.1 Å². The molecule has 2 aromatic rings. The molecule has 0 amide bonds. The number of methoxy groups -OCH3 is 1. The third-order valence-electron chi connectivity index (χ3n) is 3.60. The summed E-state index contributed by atoms with van der Waals surface area (Å²) in [6, 6.07) is 13.4. The molecule has 2 rings (SSSR count). The summed E-state index contributed by atoms with van der Waals surface area (Å²) in [5.74, 6) is 1.06. The molecule has 0 fully saturated rings. The molecule has 23 heavy (non-hydrogen) atoms. The van der Waals surface area contributed by atoms with E-state index in [4.69, 9.17) is 4.74 Å². The maximum atomic E-state index is 9.86. The maximum Gasteiger partial charge on any atom is 0.124 e. The van der Waals surface area contributed by atoms with Gasteiger partial charge >= 0.3 is 0 Å². The van der Waals surface area contributed by atoms with Crippen LogP contribution >= 0.6 is 15.9 Å². The number of likely N-dealkylation sites (N-methyl/N-ethyl adjacent to an activating group) is 1. The third-order valence-corrected chi connectivity index (χ3v) is 4.09. The van der Waals surface area contributed by atoms with E-state index in [-0.39, 0.29) is 11.8 Å².